The van der Waals surface area contributed by atoms with Crippen LogP contribution in [0.15, 0.2) is 30.3 Å². The Kier molecular flexibility index (Phi) is 4.69. The van der Waals surface area contributed by atoms with E-state index in [1.54, 1.807) is 30.3 Å². The molecule has 20 heavy (non-hydrogen) atoms. The van der Waals surface area contributed by atoms with Crippen molar-refractivity contribution < 1.29 is 30.0 Å². The molecule has 5 N–H and O–H groups in total. The normalized spacial score (nSPS) is 31.0. The summed E-state index contributed by atoms with van der Waals surface area (Å²) in [5.74, 6) is -0.476. The summed E-state index contributed by atoms with van der Waals surface area (Å²) in [6.07, 6.45) is -5.27. The monoisotopic (exact) mass is 283 g/mol. The third-order valence-electron chi connectivity index (χ3n) is 3.21. The standard InChI is InChI=1S/C13H17NO6/c15-6-8(16)11-10(17)9(13(19)20-11)14-12(18)7-4-2-1-3-5-7/h1-5,8-11,13,15-17,19H,6H2,(H,14,18)/t8?,9-,10-,11-,13-/m1/s1. The number of carbonyl (C=O) groups is 1. The highest BCUT2D eigenvalue weighted by Crippen LogP contribution is 2.22. The maximum atomic E-state index is 11.9. The summed E-state index contributed by atoms with van der Waals surface area (Å²) in [5, 5.41) is 40.4. The van der Waals surface area contributed by atoms with Gasteiger partial charge in [-0.25, -0.2) is 0 Å². The zero-order chi connectivity index (χ0) is 14.7. The fraction of sp³-hybridized carbons (Fsp3) is 0.462. The van der Waals surface area contributed by atoms with Gasteiger partial charge < -0.3 is 30.5 Å². The number of nitrogens with one attached hydrogen (secondary N) is 1. The molecule has 7 heteroatoms. The van der Waals surface area contributed by atoms with E-state index < -0.39 is 43.2 Å². The number of hydrogen-bond donors (Lipinski definition) is 5. The summed E-state index contributed by atoms with van der Waals surface area (Å²) < 4.78 is 4.96. The van der Waals surface area contributed by atoms with Crippen molar-refractivity contribution >= 4 is 5.91 Å². The lowest BCUT2D eigenvalue weighted by Gasteiger charge is -2.21. The molecule has 0 saturated carbocycles. The van der Waals surface area contributed by atoms with Crippen molar-refractivity contribution in [3.8, 4) is 0 Å². The second-order valence-electron chi connectivity index (χ2n) is 4.60. The minimum absolute atomic E-state index is 0.373. The highest BCUT2D eigenvalue weighted by Gasteiger charge is 2.46. The SMILES string of the molecule is O=C(N[C@@H]1[C@@H](O)[C@@H](C(O)CO)O[C@H]1O)c1ccccc1. The molecule has 1 unspecified atom stereocenters. The Balaban J connectivity index is 2.04. The van der Waals surface area contributed by atoms with Gasteiger partial charge in [0.05, 0.1) is 6.61 Å². The van der Waals surface area contributed by atoms with Gasteiger partial charge in [0, 0.05) is 5.56 Å². The fourth-order valence-corrected chi connectivity index (χ4v) is 2.10. The highest BCUT2D eigenvalue weighted by molar-refractivity contribution is 5.94. The number of aliphatic hydroxyl groups is 4. The van der Waals surface area contributed by atoms with E-state index >= 15 is 0 Å². The Morgan fingerprint density at radius 1 is 1.30 bits per heavy atom. The van der Waals surface area contributed by atoms with E-state index in [4.69, 9.17) is 9.84 Å². The minimum atomic E-state index is -1.45. The van der Waals surface area contributed by atoms with Crippen molar-refractivity contribution in [2.45, 2.75) is 30.6 Å². The van der Waals surface area contributed by atoms with Crippen LogP contribution in [0.1, 0.15) is 10.4 Å². The van der Waals surface area contributed by atoms with Crippen molar-refractivity contribution in [1.29, 1.82) is 0 Å². The fourth-order valence-electron chi connectivity index (χ4n) is 2.10. The quantitative estimate of drug-likeness (QED) is 0.445. The largest absolute Gasteiger partial charge is 0.394 e. The molecule has 1 saturated heterocycles. The highest BCUT2D eigenvalue weighted by atomic mass is 16.6. The smallest absolute Gasteiger partial charge is 0.251 e. The first-order valence-corrected chi connectivity index (χ1v) is 6.21. The zero-order valence-electron chi connectivity index (χ0n) is 10.6. The summed E-state index contributed by atoms with van der Waals surface area (Å²) in [6.45, 7) is -0.617. The van der Waals surface area contributed by atoms with Crippen molar-refractivity contribution in [2.75, 3.05) is 6.61 Å². The maximum absolute atomic E-state index is 11.9. The molecule has 1 aromatic carbocycles. The number of carbonyl (C=O) groups excluding carboxylic acids is 1. The summed E-state index contributed by atoms with van der Waals surface area (Å²) in [7, 11) is 0. The third kappa shape index (κ3) is 2.97. The number of amides is 1. The molecule has 0 bridgehead atoms. The molecule has 1 aliphatic heterocycles. The zero-order valence-corrected chi connectivity index (χ0v) is 10.6. The lowest BCUT2D eigenvalue weighted by atomic mass is 10.0. The van der Waals surface area contributed by atoms with Crippen LogP contribution in [0.2, 0.25) is 0 Å². The number of ether oxygens (including phenoxy) is 1. The Morgan fingerprint density at radius 3 is 2.55 bits per heavy atom. The van der Waals surface area contributed by atoms with E-state index in [-0.39, 0.29) is 0 Å². The second-order valence-corrected chi connectivity index (χ2v) is 4.60. The lowest BCUT2D eigenvalue weighted by Crippen LogP contribution is -2.49. The summed E-state index contributed by atoms with van der Waals surface area (Å²) >= 11 is 0. The van der Waals surface area contributed by atoms with E-state index in [2.05, 4.69) is 5.32 Å². The first-order chi connectivity index (χ1) is 9.54. The lowest BCUT2D eigenvalue weighted by molar-refractivity contribution is -0.139. The molecule has 0 aromatic heterocycles. The molecular formula is C13H17NO6. The molecule has 1 amide bonds. The van der Waals surface area contributed by atoms with Gasteiger partial charge >= 0.3 is 0 Å². The number of rotatable bonds is 4. The van der Waals surface area contributed by atoms with Crippen LogP contribution in [0.5, 0.6) is 0 Å². The average Bonchev–Trinajstić information content (AvgIpc) is 2.75. The van der Waals surface area contributed by atoms with Gasteiger partial charge in [-0.2, -0.15) is 0 Å². The number of benzene rings is 1. The Morgan fingerprint density at radius 2 is 1.95 bits per heavy atom. The Hall–Kier alpha value is -1.51. The van der Waals surface area contributed by atoms with Gasteiger partial charge in [-0.05, 0) is 12.1 Å². The first-order valence-electron chi connectivity index (χ1n) is 6.21. The average molecular weight is 283 g/mol. The second kappa shape index (κ2) is 6.29. The van der Waals surface area contributed by atoms with Crippen LogP contribution < -0.4 is 5.32 Å². The predicted molar refractivity (Wildman–Crippen MR) is 67.7 cm³/mol. The van der Waals surface area contributed by atoms with Crippen LogP contribution in [0.3, 0.4) is 0 Å². The minimum Gasteiger partial charge on any atom is -0.394 e. The van der Waals surface area contributed by atoms with E-state index in [1.165, 1.54) is 0 Å². The summed E-state index contributed by atoms with van der Waals surface area (Å²) in [6, 6.07) is 7.23. The molecule has 1 aliphatic rings. The third-order valence-corrected chi connectivity index (χ3v) is 3.21. The van der Waals surface area contributed by atoms with Crippen molar-refractivity contribution in [3.63, 3.8) is 0 Å². The van der Waals surface area contributed by atoms with Gasteiger partial charge in [-0.15, -0.1) is 0 Å². The summed E-state index contributed by atoms with van der Waals surface area (Å²) in [4.78, 5) is 11.9. The molecule has 1 heterocycles. The van der Waals surface area contributed by atoms with Gasteiger partial charge in [-0.1, -0.05) is 18.2 Å². The first kappa shape index (κ1) is 14.9. The van der Waals surface area contributed by atoms with E-state index in [1.807, 2.05) is 0 Å². The molecule has 2 rings (SSSR count). The van der Waals surface area contributed by atoms with Crippen LogP contribution in [-0.2, 0) is 4.74 Å². The molecule has 0 radical (unpaired) electrons. The van der Waals surface area contributed by atoms with E-state index in [0.29, 0.717) is 5.56 Å². The molecule has 1 fully saturated rings. The molecule has 0 aliphatic carbocycles. The van der Waals surface area contributed by atoms with Gasteiger partial charge in [-0.3, -0.25) is 4.79 Å². The number of hydrogen-bond acceptors (Lipinski definition) is 6. The Bertz CT molecular complexity index is 453. The molecule has 110 valence electrons. The van der Waals surface area contributed by atoms with Gasteiger partial charge in [0.25, 0.3) is 5.91 Å². The molecule has 1 aromatic rings. The van der Waals surface area contributed by atoms with Crippen LogP contribution in [0, 0.1) is 0 Å². The van der Waals surface area contributed by atoms with Crippen LogP contribution in [0.4, 0.5) is 0 Å². The predicted octanol–water partition coefficient (Wildman–Crippen LogP) is -1.78. The Labute approximate surface area is 115 Å². The van der Waals surface area contributed by atoms with Crippen molar-refractivity contribution in [2.24, 2.45) is 0 Å². The summed E-state index contributed by atoms with van der Waals surface area (Å²) in [5.41, 5.74) is 0.373. The van der Waals surface area contributed by atoms with Gasteiger partial charge in [0.1, 0.15) is 24.4 Å². The van der Waals surface area contributed by atoms with Crippen molar-refractivity contribution in [3.05, 3.63) is 35.9 Å². The molecule has 7 nitrogen and oxygen atoms in total. The van der Waals surface area contributed by atoms with Gasteiger partial charge in [0.15, 0.2) is 6.29 Å². The topological polar surface area (TPSA) is 119 Å². The van der Waals surface area contributed by atoms with Crippen LogP contribution >= 0.6 is 0 Å². The molecular weight excluding hydrogens is 266 g/mol. The van der Waals surface area contributed by atoms with Gasteiger partial charge in [0.2, 0.25) is 0 Å². The number of aliphatic hydroxyl groups excluding tert-OH is 4. The van der Waals surface area contributed by atoms with E-state index in [9.17, 15) is 20.1 Å². The van der Waals surface area contributed by atoms with E-state index in [0.717, 1.165) is 0 Å². The van der Waals surface area contributed by atoms with Crippen LogP contribution in [0.25, 0.3) is 0 Å². The van der Waals surface area contributed by atoms with Crippen molar-refractivity contribution in [1.82, 2.24) is 5.32 Å². The maximum Gasteiger partial charge on any atom is 0.251 e. The molecule has 5 atom stereocenters. The van der Waals surface area contributed by atoms with Crippen LogP contribution in [-0.4, -0.2) is 63.6 Å². The molecule has 0 spiro atoms.